The van der Waals surface area contributed by atoms with Gasteiger partial charge < -0.3 is 0 Å². The van der Waals surface area contributed by atoms with Gasteiger partial charge in [0.05, 0.1) is 0 Å². The van der Waals surface area contributed by atoms with Crippen LogP contribution in [0.4, 0.5) is 5.69 Å². The first kappa shape index (κ1) is 8.56. The third-order valence-electron chi connectivity index (χ3n) is 1.97. The molecule has 0 amide bonds. The molecule has 0 fully saturated rings. The second-order valence-electron chi connectivity index (χ2n) is 2.88. The van der Waals surface area contributed by atoms with Gasteiger partial charge in [-0.2, -0.15) is 0 Å². The van der Waals surface area contributed by atoms with E-state index < -0.39 is 0 Å². The van der Waals surface area contributed by atoms with E-state index in [4.69, 9.17) is 0 Å². The second-order valence-corrected chi connectivity index (χ2v) is 2.88. The van der Waals surface area contributed by atoms with Gasteiger partial charge in [0.15, 0.2) is 0 Å². The van der Waals surface area contributed by atoms with Crippen molar-refractivity contribution in [1.29, 1.82) is 0 Å². The fourth-order valence-electron chi connectivity index (χ4n) is 1.25. The number of nitroso groups, excluding NO2 is 1. The summed E-state index contributed by atoms with van der Waals surface area (Å²) < 4.78 is 0. The van der Waals surface area contributed by atoms with Crippen LogP contribution in [-0.2, 0) is 0 Å². The van der Waals surface area contributed by atoms with Crippen molar-refractivity contribution in [3.8, 4) is 11.1 Å². The van der Waals surface area contributed by atoms with E-state index in [-0.39, 0.29) is 0 Å². The topological polar surface area (TPSA) is 42.3 Å². The fraction of sp³-hybridized carbons (Fsp3) is 0. The van der Waals surface area contributed by atoms with E-state index in [0.717, 1.165) is 11.1 Å². The number of pyridine rings is 1. The van der Waals surface area contributed by atoms with Crippen LogP contribution in [0.3, 0.4) is 0 Å². The molecule has 1 aromatic carbocycles. The third-order valence-corrected chi connectivity index (χ3v) is 1.97. The Morgan fingerprint density at radius 3 is 2.36 bits per heavy atom. The van der Waals surface area contributed by atoms with Crippen molar-refractivity contribution in [3.05, 3.63) is 53.7 Å². The number of hydrogen-bond acceptors (Lipinski definition) is 3. The van der Waals surface area contributed by atoms with Gasteiger partial charge in [-0.1, -0.05) is 18.2 Å². The molecule has 1 heterocycles. The highest BCUT2D eigenvalue weighted by atomic mass is 16.3. The van der Waals surface area contributed by atoms with Gasteiger partial charge in [0.2, 0.25) is 0 Å². The molecule has 0 saturated carbocycles. The van der Waals surface area contributed by atoms with E-state index in [1.807, 2.05) is 24.3 Å². The molecule has 0 aliphatic heterocycles. The Morgan fingerprint density at radius 2 is 1.79 bits per heavy atom. The van der Waals surface area contributed by atoms with E-state index in [1.165, 1.54) is 0 Å². The number of hydrogen-bond donors (Lipinski definition) is 0. The number of nitrogens with zero attached hydrogens (tertiary/aromatic N) is 2. The average molecular weight is 184 g/mol. The molecule has 0 bridgehead atoms. The van der Waals surface area contributed by atoms with Crippen molar-refractivity contribution in [2.45, 2.75) is 0 Å². The first-order valence-corrected chi connectivity index (χ1v) is 4.24. The highest BCUT2D eigenvalue weighted by molar-refractivity contribution is 5.64. The lowest BCUT2D eigenvalue weighted by molar-refractivity contribution is 1.33. The number of benzene rings is 1. The van der Waals surface area contributed by atoms with Crippen LogP contribution >= 0.6 is 0 Å². The van der Waals surface area contributed by atoms with Crippen molar-refractivity contribution in [2.75, 3.05) is 0 Å². The highest BCUT2D eigenvalue weighted by Gasteiger charge is 1.96. The van der Waals surface area contributed by atoms with Crippen LogP contribution in [0.5, 0.6) is 0 Å². The Kier molecular flexibility index (Phi) is 2.32. The summed E-state index contributed by atoms with van der Waals surface area (Å²) in [6.45, 7) is 0. The first-order chi connectivity index (χ1) is 6.90. The molecule has 3 heteroatoms. The molecule has 0 radical (unpaired) electrons. The van der Waals surface area contributed by atoms with E-state index in [2.05, 4.69) is 10.2 Å². The molecule has 2 aromatic rings. The normalized spacial score (nSPS) is 9.71. The maximum absolute atomic E-state index is 10.2. The number of rotatable bonds is 2. The minimum absolute atomic E-state index is 0.442. The Hall–Kier alpha value is -2.03. The van der Waals surface area contributed by atoms with Crippen molar-refractivity contribution in [1.82, 2.24) is 4.98 Å². The zero-order chi connectivity index (χ0) is 9.80. The van der Waals surface area contributed by atoms with Gasteiger partial charge in [0, 0.05) is 12.4 Å². The Bertz CT molecular complexity index is 423. The predicted molar refractivity (Wildman–Crippen MR) is 55.1 cm³/mol. The van der Waals surface area contributed by atoms with Gasteiger partial charge in [-0.25, -0.2) is 0 Å². The van der Waals surface area contributed by atoms with Gasteiger partial charge in [-0.05, 0) is 34.5 Å². The Labute approximate surface area is 81.4 Å². The summed E-state index contributed by atoms with van der Waals surface area (Å²) in [5.74, 6) is 0. The molecular formula is C11H8N2O. The predicted octanol–water partition coefficient (Wildman–Crippen LogP) is 3.15. The van der Waals surface area contributed by atoms with Gasteiger partial charge in [-0.15, -0.1) is 4.91 Å². The lowest BCUT2D eigenvalue weighted by atomic mass is 10.1. The fourth-order valence-corrected chi connectivity index (χ4v) is 1.25. The SMILES string of the molecule is O=Nc1ccc(-c2cccnc2)cc1. The summed E-state index contributed by atoms with van der Waals surface area (Å²) in [6, 6.07) is 10.9. The summed E-state index contributed by atoms with van der Waals surface area (Å²) in [6.07, 6.45) is 3.51. The van der Waals surface area contributed by atoms with Crippen LogP contribution in [0, 0.1) is 4.91 Å². The van der Waals surface area contributed by atoms with Crippen molar-refractivity contribution in [2.24, 2.45) is 5.18 Å². The molecule has 2 rings (SSSR count). The zero-order valence-electron chi connectivity index (χ0n) is 7.42. The molecule has 0 unspecified atom stereocenters. The van der Waals surface area contributed by atoms with Gasteiger partial charge in [0.1, 0.15) is 5.69 Å². The maximum Gasteiger partial charge on any atom is 0.108 e. The Morgan fingerprint density at radius 1 is 1.00 bits per heavy atom. The molecule has 1 aromatic heterocycles. The summed E-state index contributed by atoms with van der Waals surface area (Å²) in [4.78, 5) is 14.2. The van der Waals surface area contributed by atoms with Crippen molar-refractivity contribution < 1.29 is 0 Å². The number of aromatic nitrogens is 1. The molecular weight excluding hydrogens is 176 g/mol. The molecule has 0 saturated heterocycles. The van der Waals surface area contributed by atoms with E-state index in [0.29, 0.717) is 5.69 Å². The highest BCUT2D eigenvalue weighted by Crippen LogP contribution is 2.21. The average Bonchev–Trinajstić information content (AvgIpc) is 2.30. The largest absolute Gasteiger partial charge is 0.264 e. The van der Waals surface area contributed by atoms with Crippen LogP contribution in [0.15, 0.2) is 54.0 Å². The van der Waals surface area contributed by atoms with E-state index in [1.54, 1.807) is 24.5 Å². The van der Waals surface area contributed by atoms with E-state index >= 15 is 0 Å². The third kappa shape index (κ3) is 1.66. The summed E-state index contributed by atoms with van der Waals surface area (Å²) in [7, 11) is 0. The zero-order valence-corrected chi connectivity index (χ0v) is 7.42. The standard InChI is InChI=1S/C11H8N2O/c14-13-11-5-3-9(4-6-11)10-2-1-7-12-8-10/h1-8H. The van der Waals surface area contributed by atoms with Crippen LogP contribution in [0.1, 0.15) is 0 Å². The van der Waals surface area contributed by atoms with Gasteiger partial charge in [-0.3, -0.25) is 4.98 Å². The van der Waals surface area contributed by atoms with Crippen molar-refractivity contribution in [3.63, 3.8) is 0 Å². The molecule has 3 nitrogen and oxygen atoms in total. The molecule has 0 aliphatic carbocycles. The smallest absolute Gasteiger partial charge is 0.108 e. The summed E-state index contributed by atoms with van der Waals surface area (Å²) in [5.41, 5.74) is 2.51. The quantitative estimate of drug-likeness (QED) is 0.673. The van der Waals surface area contributed by atoms with Gasteiger partial charge >= 0.3 is 0 Å². The van der Waals surface area contributed by atoms with Crippen molar-refractivity contribution >= 4 is 5.69 Å². The minimum atomic E-state index is 0.442. The molecule has 0 atom stereocenters. The molecule has 0 spiro atoms. The Balaban J connectivity index is 2.39. The van der Waals surface area contributed by atoms with Crippen LogP contribution < -0.4 is 0 Å². The molecule has 68 valence electrons. The van der Waals surface area contributed by atoms with Crippen LogP contribution in [-0.4, -0.2) is 4.98 Å². The lowest BCUT2D eigenvalue weighted by Gasteiger charge is -1.99. The molecule has 14 heavy (non-hydrogen) atoms. The van der Waals surface area contributed by atoms with Crippen LogP contribution in [0.2, 0.25) is 0 Å². The minimum Gasteiger partial charge on any atom is -0.264 e. The second kappa shape index (κ2) is 3.79. The monoisotopic (exact) mass is 184 g/mol. The summed E-state index contributed by atoms with van der Waals surface area (Å²) in [5, 5.41) is 2.84. The molecule has 0 N–H and O–H groups in total. The van der Waals surface area contributed by atoms with Gasteiger partial charge in [0.25, 0.3) is 0 Å². The molecule has 0 aliphatic rings. The first-order valence-electron chi connectivity index (χ1n) is 4.24. The maximum atomic E-state index is 10.2. The van der Waals surface area contributed by atoms with E-state index in [9.17, 15) is 4.91 Å². The lowest BCUT2D eigenvalue weighted by Crippen LogP contribution is -1.77. The summed E-state index contributed by atoms with van der Waals surface area (Å²) >= 11 is 0. The van der Waals surface area contributed by atoms with Crippen LogP contribution in [0.25, 0.3) is 11.1 Å².